The number of benzene rings is 8. The minimum atomic E-state index is -0.916. The van der Waals surface area contributed by atoms with Crippen molar-refractivity contribution in [2.24, 2.45) is 0 Å². The Morgan fingerprint density at radius 3 is 0.889 bits per heavy atom. The van der Waals surface area contributed by atoms with Gasteiger partial charge in [0.25, 0.3) is 0 Å². The minimum absolute atomic E-state index is 0. The summed E-state index contributed by atoms with van der Waals surface area (Å²) in [5.74, 6) is 2.65. The van der Waals surface area contributed by atoms with Gasteiger partial charge in [0, 0.05) is 38.4 Å². The Hall–Kier alpha value is -2.66. The van der Waals surface area contributed by atoms with E-state index >= 15 is 0 Å². The molecule has 0 aromatic heterocycles. The molecule has 8 aromatic carbocycles. The van der Waals surface area contributed by atoms with Gasteiger partial charge >= 0.3 is 30.6 Å². The Morgan fingerprint density at radius 2 is 0.639 bits per heavy atom. The molecule has 0 bridgehead atoms. The van der Waals surface area contributed by atoms with Gasteiger partial charge in [-0.3, -0.25) is 0 Å². The van der Waals surface area contributed by atoms with Gasteiger partial charge in [-0.25, -0.2) is 0 Å². The predicted molar refractivity (Wildman–Crippen MR) is 508 cm³/mol. The van der Waals surface area contributed by atoms with E-state index in [4.69, 9.17) is 0 Å². The first-order chi connectivity index (χ1) is 48.7. The summed E-state index contributed by atoms with van der Waals surface area (Å²) in [7, 11) is -3.07. The molecule has 1 aliphatic rings. The Morgan fingerprint density at radius 1 is 0.380 bits per heavy atom. The van der Waals surface area contributed by atoms with Crippen molar-refractivity contribution in [3.8, 4) is 44.5 Å². The van der Waals surface area contributed by atoms with Crippen molar-refractivity contribution >= 4 is 72.0 Å². The Bertz CT molecular complexity index is 3400. The van der Waals surface area contributed by atoms with Crippen molar-refractivity contribution in [2.45, 2.75) is 313 Å². The molecule has 1 fully saturated rings. The van der Waals surface area contributed by atoms with Crippen LogP contribution in [0.4, 0.5) is 0 Å². The van der Waals surface area contributed by atoms with Gasteiger partial charge in [0.1, 0.15) is 5.30 Å². The van der Waals surface area contributed by atoms with E-state index in [9.17, 15) is 0 Å². The van der Waals surface area contributed by atoms with Crippen LogP contribution >= 0.6 is 45.2 Å². The largest absolute Gasteiger partial charge is 0.358 e. The molecule has 0 spiro atoms. The van der Waals surface area contributed by atoms with Gasteiger partial charge in [-0.1, -0.05) is 373 Å². The summed E-state index contributed by atoms with van der Waals surface area (Å²) in [6.45, 7) is 78.9. The molecule has 1 aliphatic carbocycles. The second-order valence-corrected chi connectivity index (χ2v) is 56.3. The van der Waals surface area contributed by atoms with Crippen LogP contribution in [0.15, 0.2) is 186 Å². The third kappa shape index (κ3) is 37.7. The van der Waals surface area contributed by atoms with Crippen molar-refractivity contribution < 1.29 is 37.6 Å². The van der Waals surface area contributed by atoms with Gasteiger partial charge in [-0.15, -0.1) is 16.1 Å². The predicted octanol–water partition coefficient (Wildman–Crippen LogP) is 34.1. The summed E-state index contributed by atoms with van der Waals surface area (Å²) < 4.78 is 1.13. The Balaban J connectivity index is 0. The molecule has 0 N–H and O–H groups in total. The van der Waals surface area contributed by atoms with E-state index in [2.05, 4.69) is 392 Å². The van der Waals surface area contributed by atoms with Crippen LogP contribution in [0.2, 0.25) is 39.3 Å². The number of halogens is 2. The third-order valence-corrected chi connectivity index (χ3v) is 25.7. The molecule has 1 saturated carbocycles. The van der Waals surface area contributed by atoms with Gasteiger partial charge in [0.2, 0.25) is 0 Å². The first kappa shape index (κ1) is 107. The molecule has 0 amide bonds. The van der Waals surface area contributed by atoms with E-state index in [1.807, 2.05) is 60.7 Å². The third-order valence-electron chi connectivity index (χ3n) is 17.7. The van der Waals surface area contributed by atoms with Crippen LogP contribution in [0, 0.1) is 34.0 Å². The maximum atomic E-state index is 3.91. The van der Waals surface area contributed by atoms with Gasteiger partial charge in [0.05, 0.1) is 10.3 Å². The zero-order valence-electron chi connectivity index (χ0n) is 74.2. The van der Waals surface area contributed by atoms with Crippen LogP contribution in [0.5, 0.6) is 0 Å². The van der Waals surface area contributed by atoms with Crippen LogP contribution in [0.25, 0.3) is 44.5 Å². The molecule has 0 unspecified atom stereocenters. The molecule has 108 heavy (non-hydrogen) atoms. The first-order valence-electron chi connectivity index (χ1n) is 39.5. The first-order valence-corrected chi connectivity index (χ1v) is 54.2. The zero-order chi connectivity index (χ0) is 80.0. The zero-order valence-corrected chi connectivity index (χ0v) is 84.4. The average Bonchev–Trinajstić information content (AvgIpc) is 0.743. The summed E-state index contributed by atoms with van der Waals surface area (Å²) in [5.41, 5.74) is 20.5. The molecule has 8 aromatic rings. The quantitative estimate of drug-likeness (QED) is 0.0650. The van der Waals surface area contributed by atoms with E-state index in [0.717, 1.165) is 4.47 Å². The van der Waals surface area contributed by atoms with Crippen LogP contribution < -0.4 is 10.6 Å². The fraction of sp³-hybridized carbons (Fsp3) is 0.480. The van der Waals surface area contributed by atoms with E-state index in [1.165, 1.54) is 129 Å². The molecule has 0 heterocycles. The summed E-state index contributed by atoms with van der Waals surface area (Å²) in [5, 5.41) is 4.04. The van der Waals surface area contributed by atoms with Crippen molar-refractivity contribution in [2.75, 3.05) is 0 Å². The van der Waals surface area contributed by atoms with Crippen LogP contribution in [0.3, 0.4) is 0 Å². The minimum Gasteiger partial charge on any atom is -0.358 e. The van der Waals surface area contributed by atoms with Gasteiger partial charge in [0.15, 0.2) is 0 Å². The van der Waals surface area contributed by atoms with Crippen LogP contribution in [-0.4, -0.2) is 36.8 Å². The van der Waals surface area contributed by atoms with E-state index < -0.39 is 32.0 Å². The fourth-order valence-corrected chi connectivity index (χ4v) is 23.6. The fourth-order valence-electron chi connectivity index (χ4n) is 14.6. The molecule has 0 atom stereocenters. The maximum absolute atomic E-state index is 3.91. The summed E-state index contributed by atoms with van der Waals surface area (Å²) in [6, 6.07) is 68.6. The smallest absolute Gasteiger partial charge is 0 e. The second kappa shape index (κ2) is 51.3. The number of hydrogen-bond donors (Lipinski definition) is 0. The molecule has 0 nitrogen and oxygen atoms in total. The van der Waals surface area contributed by atoms with Gasteiger partial charge in [-0.2, -0.15) is 36.4 Å². The molecule has 0 saturated heterocycles. The molecular formula is C100H153Br2P2Pd2Si2-3. The van der Waals surface area contributed by atoms with Crippen molar-refractivity contribution in [3.05, 3.63) is 254 Å². The average molecular weight is 1850 g/mol. The summed E-state index contributed by atoms with van der Waals surface area (Å²) >= 11 is 8.66. The van der Waals surface area contributed by atoms with Gasteiger partial charge in [-0.05, 0) is 183 Å². The summed E-state index contributed by atoms with van der Waals surface area (Å²) in [4.78, 5) is 0. The van der Waals surface area contributed by atoms with E-state index in [0.29, 0.717) is 35.5 Å². The number of rotatable bonds is 12. The molecule has 608 valence electrons. The standard InChI is InChI=1S/2C35H49P.C8H16.C6H5Br.C6H5.2C4H11Si.2CH3.BrH.2Pd/c2*1-23(2)28-22-29(24(3)4)33(31(25(5)6)32(28)26-18-14-13-15-19-26)27-20-16-17-21-30(27)36(34(7,8)9)35(10,11)12;1-2-4-6-8-7-5-3-1;7-6-4-2-1-3-5-6;1-2-4-6-5-3-1;2*1-5(2,3)4;;;;;/h2*13-25H,1-12H3;1-8H2;1-5H;1-5H;2*1H2,2-4H3;2*1H3;1H;;/q;;;;5*-1;;;+2. The SMILES string of the molecule is Brc1ccccc1.C1CCCCCCC1.CC(C)c1cc(C(C)C)c(-c2ccccc2P(C(C)(C)C)C(C)(C)C)c(C(C)C)c1-c1ccccc1.CC(C)c1cc(C(C)C)c(-c2ccccc2[PH+](C(C)(C)C)C(C)(C)C)c(C(C)C)c1-c1ccccc1.[Br][Pd+].[CH2-][Si](C)(C)C.[CH2-][Si](C)(C)C.[CH3-].[CH3-].[Pd].[c-]1ccccc1. The molecule has 0 radical (unpaired) electrons. The van der Waals surface area contributed by atoms with E-state index in [-0.39, 0.29) is 55.9 Å². The molecule has 8 heteroatoms. The normalized spacial score (nSPS) is 12.6. The maximum Gasteiger partial charge on any atom is 0 e. The summed E-state index contributed by atoms with van der Waals surface area (Å²) in [6.07, 6.45) is 12.0. The second-order valence-electron chi connectivity index (χ2n) is 37.0. The van der Waals surface area contributed by atoms with Crippen LogP contribution in [-0.2, 0) is 37.6 Å². The van der Waals surface area contributed by atoms with E-state index in [1.54, 1.807) is 10.6 Å². The van der Waals surface area contributed by atoms with Crippen LogP contribution in [0.1, 0.15) is 286 Å². The Kier molecular flexibility index (Phi) is 51.0. The van der Waals surface area contributed by atoms with Crippen molar-refractivity contribution in [1.82, 2.24) is 0 Å². The van der Waals surface area contributed by atoms with Crippen molar-refractivity contribution in [3.63, 3.8) is 0 Å². The monoisotopic (exact) mass is 1840 g/mol. The Labute approximate surface area is 714 Å². The van der Waals surface area contributed by atoms with Gasteiger partial charge < -0.3 is 27.9 Å². The molecule has 0 aliphatic heterocycles. The molecular weight excluding hydrogens is 1690 g/mol. The van der Waals surface area contributed by atoms with Crippen molar-refractivity contribution in [1.29, 1.82) is 0 Å². The molecule has 9 rings (SSSR count). The topological polar surface area (TPSA) is 0 Å². The number of hydrogen-bond acceptors (Lipinski definition) is 0.